The molecule has 128 valence electrons. The maximum atomic E-state index is 12.4. The lowest BCUT2D eigenvalue weighted by molar-refractivity contribution is -0.138. The van der Waals surface area contributed by atoms with Gasteiger partial charge in [-0.05, 0) is 48.4 Å². The van der Waals surface area contributed by atoms with Gasteiger partial charge in [-0.25, -0.2) is 8.42 Å². The van der Waals surface area contributed by atoms with Crippen molar-refractivity contribution in [1.29, 1.82) is 0 Å². The number of aliphatic carboxylic acids is 1. The minimum absolute atomic E-state index is 0.00187. The molecular formula is C16H16ClNO5S. The van der Waals surface area contributed by atoms with Crippen LogP contribution in [-0.4, -0.2) is 32.6 Å². The van der Waals surface area contributed by atoms with Gasteiger partial charge in [0.05, 0.1) is 12.0 Å². The molecule has 2 aromatic rings. The summed E-state index contributed by atoms with van der Waals surface area (Å²) in [7, 11) is -2.50. The second-order valence-corrected chi connectivity index (χ2v) is 7.17. The zero-order chi connectivity index (χ0) is 17.7. The lowest BCUT2D eigenvalue weighted by Gasteiger charge is -2.15. The van der Waals surface area contributed by atoms with Gasteiger partial charge in [0.2, 0.25) is 10.0 Å². The minimum Gasteiger partial charge on any atom is -0.497 e. The molecule has 0 spiro atoms. The second kappa shape index (κ2) is 7.65. The van der Waals surface area contributed by atoms with Crippen molar-refractivity contribution in [3.8, 4) is 5.75 Å². The van der Waals surface area contributed by atoms with Gasteiger partial charge in [0, 0.05) is 5.02 Å². The van der Waals surface area contributed by atoms with E-state index in [4.69, 9.17) is 16.3 Å². The number of sulfonamides is 1. The SMILES string of the molecule is COc1ccc(S(=O)(=O)N[C@@H](Cc2ccc(Cl)cc2)C(=O)O)cc1. The van der Waals surface area contributed by atoms with Gasteiger partial charge in [0.25, 0.3) is 0 Å². The first-order chi connectivity index (χ1) is 11.3. The molecule has 0 aromatic heterocycles. The molecule has 6 nitrogen and oxygen atoms in total. The third kappa shape index (κ3) is 4.70. The van der Waals surface area contributed by atoms with Crippen molar-refractivity contribution >= 4 is 27.6 Å². The van der Waals surface area contributed by atoms with Gasteiger partial charge in [-0.1, -0.05) is 23.7 Å². The average molecular weight is 370 g/mol. The Hall–Kier alpha value is -2.09. The summed E-state index contributed by atoms with van der Waals surface area (Å²) >= 11 is 5.78. The standard InChI is InChI=1S/C16H16ClNO5S/c1-23-13-6-8-14(9-7-13)24(21,22)18-15(16(19)20)10-11-2-4-12(17)5-3-11/h2-9,15,18H,10H2,1H3,(H,19,20)/t15-/m0/s1. The summed E-state index contributed by atoms with van der Waals surface area (Å²) in [5.74, 6) is -0.757. The van der Waals surface area contributed by atoms with E-state index in [9.17, 15) is 18.3 Å². The Morgan fingerprint density at radius 1 is 1.17 bits per heavy atom. The predicted molar refractivity (Wildman–Crippen MR) is 89.9 cm³/mol. The van der Waals surface area contributed by atoms with Gasteiger partial charge in [-0.3, -0.25) is 4.79 Å². The molecule has 0 amide bonds. The third-order valence-electron chi connectivity index (χ3n) is 3.32. The first-order valence-electron chi connectivity index (χ1n) is 6.95. The monoisotopic (exact) mass is 369 g/mol. The van der Waals surface area contributed by atoms with Crippen molar-refractivity contribution in [2.24, 2.45) is 0 Å². The fourth-order valence-electron chi connectivity index (χ4n) is 2.05. The van der Waals surface area contributed by atoms with Crippen molar-refractivity contribution in [1.82, 2.24) is 4.72 Å². The highest BCUT2D eigenvalue weighted by Crippen LogP contribution is 2.17. The molecule has 0 unspecified atom stereocenters. The quantitative estimate of drug-likeness (QED) is 0.781. The third-order valence-corrected chi connectivity index (χ3v) is 5.06. The Morgan fingerprint density at radius 2 is 1.75 bits per heavy atom. The van der Waals surface area contributed by atoms with Crippen LogP contribution in [0.2, 0.25) is 5.02 Å². The lowest BCUT2D eigenvalue weighted by atomic mass is 10.1. The Kier molecular flexibility index (Phi) is 5.82. The Labute approximate surface area is 145 Å². The summed E-state index contributed by atoms with van der Waals surface area (Å²) in [4.78, 5) is 11.4. The Morgan fingerprint density at radius 3 is 2.25 bits per heavy atom. The number of methoxy groups -OCH3 is 1. The number of benzene rings is 2. The van der Waals surface area contributed by atoms with Gasteiger partial charge in [0.1, 0.15) is 11.8 Å². The fourth-order valence-corrected chi connectivity index (χ4v) is 3.36. The number of nitrogens with one attached hydrogen (secondary N) is 1. The van der Waals surface area contributed by atoms with E-state index in [0.717, 1.165) is 0 Å². The summed E-state index contributed by atoms with van der Waals surface area (Å²) in [6, 6.07) is 10.9. The number of hydrogen-bond donors (Lipinski definition) is 2. The molecule has 0 fully saturated rings. The summed E-state index contributed by atoms with van der Waals surface area (Å²) in [6.07, 6.45) is 0.00187. The summed E-state index contributed by atoms with van der Waals surface area (Å²) in [5, 5.41) is 9.83. The van der Waals surface area contributed by atoms with Gasteiger partial charge < -0.3 is 9.84 Å². The topological polar surface area (TPSA) is 92.7 Å². The molecule has 0 radical (unpaired) electrons. The number of ether oxygens (including phenoxy) is 1. The molecule has 0 aliphatic heterocycles. The average Bonchev–Trinajstić information content (AvgIpc) is 2.56. The summed E-state index contributed by atoms with van der Waals surface area (Å²) < 4.78 is 31.9. The van der Waals surface area contributed by atoms with Crippen LogP contribution in [0.4, 0.5) is 0 Å². The van der Waals surface area contributed by atoms with Gasteiger partial charge in [0.15, 0.2) is 0 Å². The molecule has 0 saturated carbocycles. The van der Waals surface area contributed by atoms with Crippen molar-refractivity contribution in [3.05, 3.63) is 59.1 Å². The molecule has 1 atom stereocenters. The molecule has 0 heterocycles. The van der Waals surface area contributed by atoms with E-state index >= 15 is 0 Å². The van der Waals surface area contributed by atoms with Crippen LogP contribution in [0, 0.1) is 0 Å². The van der Waals surface area contributed by atoms with E-state index in [0.29, 0.717) is 16.3 Å². The van der Waals surface area contributed by atoms with E-state index < -0.39 is 22.0 Å². The first-order valence-corrected chi connectivity index (χ1v) is 8.81. The van der Waals surface area contributed by atoms with E-state index in [1.165, 1.54) is 31.4 Å². The predicted octanol–water partition coefficient (Wildman–Crippen LogP) is 2.32. The molecule has 0 aliphatic rings. The normalized spacial score (nSPS) is 12.6. The summed E-state index contributed by atoms with van der Waals surface area (Å²) in [5.41, 5.74) is 0.657. The van der Waals surface area contributed by atoms with Crippen molar-refractivity contribution < 1.29 is 23.1 Å². The number of carboxylic acid groups (broad SMARTS) is 1. The van der Waals surface area contributed by atoms with Crippen molar-refractivity contribution in [3.63, 3.8) is 0 Å². The first kappa shape index (κ1) is 18.3. The summed E-state index contributed by atoms with van der Waals surface area (Å²) in [6.45, 7) is 0. The zero-order valence-corrected chi connectivity index (χ0v) is 14.3. The molecule has 2 aromatic carbocycles. The smallest absolute Gasteiger partial charge is 0.322 e. The van der Waals surface area contributed by atoms with E-state index in [1.807, 2.05) is 0 Å². The van der Waals surface area contributed by atoms with Crippen LogP contribution < -0.4 is 9.46 Å². The Bertz CT molecular complexity index is 803. The van der Waals surface area contributed by atoms with E-state index in [-0.39, 0.29) is 11.3 Å². The highest BCUT2D eigenvalue weighted by molar-refractivity contribution is 7.89. The number of carboxylic acids is 1. The lowest BCUT2D eigenvalue weighted by Crippen LogP contribution is -2.42. The van der Waals surface area contributed by atoms with Crippen molar-refractivity contribution in [2.45, 2.75) is 17.4 Å². The molecule has 0 aliphatic carbocycles. The Balaban J connectivity index is 2.19. The van der Waals surface area contributed by atoms with Crippen LogP contribution in [-0.2, 0) is 21.2 Å². The van der Waals surface area contributed by atoms with Crippen molar-refractivity contribution in [2.75, 3.05) is 7.11 Å². The molecule has 0 bridgehead atoms. The molecule has 2 rings (SSSR count). The molecule has 24 heavy (non-hydrogen) atoms. The molecular weight excluding hydrogens is 354 g/mol. The largest absolute Gasteiger partial charge is 0.497 e. The number of hydrogen-bond acceptors (Lipinski definition) is 4. The van der Waals surface area contributed by atoms with Crippen LogP contribution in [0.25, 0.3) is 0 Å². The van der Waals surface area contributed by atoms with Crippen LogP contribution in [0.1, 0.15) is 5.56 Å². The highest BCUT2D eigenvalue weighted by atomic mass is 35.5. The van der Waals surface area contributed by atoms with E-state index in [1.54, 1.807) is 24.3 Å². The number of rotatable bonds is 7. The minimum atomic E-state index is -3.97. The number of halogens is 1. The highest BCUT2D eigenvalue weighted by Gasteiger charge is 2.25. The van der Waals surface area contributed by atoms with Gasteiger partial charge >= 0.3 is 5.97 Å². The maximum Gasteiger partial charge on any atom is 0.322 e. The molecule has 2 N–H and O–H groups in total. The van der Waals surface area contributed by atoms with Crippen LogP contribution in [0.5, 0.6) is 5.75 Å². The zero-order valence-electron chi connectivity index (χ0n) is 12.8. The second-order valence-electron chi connectivity index (χ2n) is 5.02. The van der Waals surface area contributed by atoms with Crippen LogP contribution >= 0.6 is 11.6 Å². The van der Waals surface area contributed by atoms with Gasteiger partial charge in [-0.2, -0.15) is 4.72 Å². The number of carbonyl (C=O) groups is 1. The van der Waals surface area contributed by atoms with Crippen LogP contribution in [0.15, 0.2) is 53.4 Å². The van der Waals surface area contributed by atoms with E-state index in [2.05, 4.69) is 4.72 Å². The fraction of sp³-hybridized carbons (Fsp3) is 0.188. The van der Waals surface area contributed by atoms with Crippen LogP contribution in [0.3, 0.4) is 0 Å². The van der Waals surface area contributed by atoms with Gasteiger partial charge in [-0.15, -0.1) is 0 Å². The molecule has 8 heteroatoms. The molecule has 0 saturated heterocycles. The maximum absolute atomic E-state index is 12.4.